The van der Waals surface area contributed by atoms with Crippen LogP contribution in [0.5, 0.6) is 5.75 Å². The second-order valence-electron chi connectivity index (χ2n) is 5.62. The van der Waals surface area contributed by atoms with Gasteiger partial charge in [0, 0.05) is 35.1 Å². The van der Waals surface area contributed by atoms with Crippen molar-refractivity contribution in [3.05, 3.63) is 64.7 Å². The van der Waals surface area contributed by atoms with Gasteiger partial charge in [-0.15, -0.1) is 0 Å². The fourth-order valence-electron chi connectivity index (χ4n) is 2.17. The van der Waals surface area contributed by atoms with Gasteiger partial charge in [0.25, 0.3) is 5.91 Å². The first-order chi connectivity index (χ1) is 12.6. The molecule has 138 valence electrons. The smallest absolute Gasteiger partial charge is 0.257 e. The number of thioether (sulfide) groups is 1. The summed E-state index contributed by atoms with van der Waals surface area (Å²) in [5.41, 5.74) is 1.86. The molecule has 0 saturated heterocycles. The molecule has 26 heavy (non-hydrogen) atoms. The summed E-state index contributed by atoms with van der Waals surface area (Å²) >= 11 is 7.60. The van der Waals surface area contributed by atoms with Gasteiger partial charge in [0.05, 0.1) is 0 Å². The lowest BCUT2D eigenvalue weighted by atomic mass is 10.1. The number of hydrogen-bond acceptors (Lipinski definition) is 4. The average molecular weight is 392 g/mol. The Labute approximate surface area is 163 Å². The lowest BCUT2D eigenvalue weighted by Gasteiger charge is -2.08. The fourth-order valence-corrected chi connectivity index (χ4v) is 3.12. The van der Waals surface area contributed by atoms with Crippen LogP contribution >= 0.6 is 23.4 Å². The van der Waals surface area contributed by atoms with Gasteiger partial charge in [-0.3, -0.25) is 9.59 Å². The molecular formula is C20H22ClNO3S. The van der Waals surface area contributed by atoms with E-state index in [1.807, 2.05) is 31.2 Å². The maximum atomic E-state index is 11.8. The summed E-state index contributed by atoms with van der Waals surface area (Å²) in [6.45, 7) is 2.37. The molecular weight excluding hydrogens is 370 g/mol. The van der Waals surface area contributed by atoms with Gasteiger partial charge in [0.1, 0.15) is 5.75 Å². The first kappa shape index (κ1) is 20.3. The van der Waals surface area contributed by atoms with Gasteiger partial charge in [-0.25, -0.2) is 0 Å². The number of nitrogens with one attached hydrogen (secondary N) is 1. The summed E-state index contributed by atoms with van der Waals surface area (Å²) in [5.74, 6) is 2.20. The standard InChI is InChI=1S/C20H22ClNO3S/c1-2-19(23)16-5-9-18(10-6-16)25-13-20(24)22-11-12-26-14-15-3-7-17(21)8-4-15/h3-10H,2,11-14H2,1H3,(H,22,24). The van der Waals surface area contributed by atoms with Crippen molar-refractivity contribution in [3.63, 3.8) is 0 Å². The van der Waals surface area contributed by atoms with E-state index >= 15 is 0 Å². The molecule has 0 heterocycles. The van der Waals surface area contributed by atoms with Crippen LogP contribution in [-0.4, -0.2) is 30.6 Å². The number of rotatable bonds is 10. The van der Waals surface area contributed by atoms with Gasteiger partial charge in [0.2, 0.25) is 0 Å². The second kappa shape index (κ2) is 10.9. The van der Waals surface area contributed by atoms with Crippen LogP contribution in [0.4, 0.5) is 0 Å². The van der Waals surface area contributed by atoms with E-state index in [9.17, 15) is 9.59 Å². The molecule has 0 saturated carbocycles. The molecule has 0 aromatic heterocycles. The summed E-state index contributed by atoms with van der Waals surface area (Å²) in [4.78, 5) is 23.3. The summed E-state index contributed by atoms with van der Waals surface area (Å²) in [5, 5.41) is 3.56. The molecule has 1 N–H and O–H groups in total. The highest BCUT2D eigenvalue weighted by molar-refractivity contribution is 7.98. The summed E-state index contributed by atoms with van der Waals surface area (Å²) in [6, 6.07) is 14.6. The van der Waals surface area contributed by atoms with Crippen molar-refractivity contribution in [2.75, 3.05) is 18.9 Å². The monoisotopic (exact) mass is 391 g/mol. The maximum Gasteiger partial charge on any atom is 0.257 e. The lowest BCUT2D eigenvalue weighted by molar-refractivity contribution is -0.122. The van der Waals surface area contributed by atoms with Crippen LogP contribution < -0.4 is 10.1 Å². The first-order valence-electron chi connectivity index (χ1n) is 8.43. The maximum absolute atomic E-state index is 11.8. The quantitative estimate of drug-likeness (QED) is 0.483. The largest absolute Gasteiger partial charge is 0.484 e. The number of benzene rings is 2. The second-order valence-corrected chi connectivity index (χ2v) is 7.16. The number of hydrogen-bond donors (Lipinski definition) is 1. The van der Waals surface area contributed by atoms with Crippen LogP contribution in [0.25, 0.3) is 0 Å². The molecule has 0 aliphatic heterocycles. The Hall–Kier alpha value is -1.98. The molecule has 0 spiro atoms. The highest BCUT2D eigenvalue weighted by Gasteiger charge is 2.05. The van der Waals surface area contributed by atoms with E-state index in [-0.39, 0.29) is 18.3 Å². The van der Waals surface area contributed by atoms with Gasteiger partial charge in [-0.05, 0) is 42.0 Å². The topological polar surface area (TPSA) is 55.4 Å². The number of carbonyl (C=O) groups is 2. The van der Waals surface area contributed by atoms with Crippen molar-refractivity contribution < 1.29 is 14.3 Å². The minimum absolute atomic E-state index is 0.0388. The first-order valence-corrected chi connectivity index (χ1v) is 9.96. The van der Waals surface area contributed by atoms with E-state index in [1.165, 1.54) is 5.56 Å². The third-order valence-corrected chi connectivity index (χ3v) is 4.90. The molecule has 0 aliphatic carbocycles. The molecule has 2 aromatic carbocycles. The number of ether oxygens (including phenoxy) is 1. The van der Waals surface area contributed by atoms with Crippen LogP contribution in [0.15, 0.2) is 48.5 Å². The molecule has 2 aromatic rings. The van der Waals surface area contributed by atoms with Crippen molar-refractivity contribution in [3.8, 4) is 5.75 Å². The van der Waals surface area contributed by atoms with Crippen molar-refractivity contribution in [1.29, 1.82) is 0 Å². The zero-order chi connectivity index (χ0) is 18.8. The highest BCUT2D eigenvalue weighted by atomic mass is 35.5. The third-order valence-electron chi connectivity index (χ3n) is 3.62. The van der Waals surface area contributed by atoms with Crippen LogP contribution in [0, 0.1) is 0 Å². The highest BCUT2D eigenvalue weighted by Crippen LogP contribution is 2.15. The summed E-state index contributed by atoms with van der Waals surface area (Å²) in [6.07, 6.45) is 0.471. The van der Waals surface area contributed by atoms with Gasteiger partial charge in [-0.1, -0.05) is 30.7 Å². The van der Waals surface area contributed by atoms with Crippen LogP contribution in [-0.2, 0) is 10.5 Å². The van der Waals surface area contributed by atoms with E-state index in [0.29, 0.717) is 24.3 Å². The minimum Gasteiger partial charge on any atom is -0.484 e. The Morgan fingerprint density at radius 3 is 2.42 bits per heavy atom. The van der Waals surface area contributed by atoms with E-state index in [0.717, 1.165) is 16.5 Å². The Balaban J connectivity index is 1.60. The van der Waals surface area contributed by atoms with Crippen molar-refractivity contribution in [2.24, 2.45) is 0 Å². The number of halogens is 1. The van der Waals surface area contributed by atoms with Crippen molar-refractivity contribution >= 4 is 35.1 Å². The minimum atomic E-state index is -0.161. The number of amides is 1. The predicted molar refractivity (Wildman–Crippen MR) is 107 cm³/mol. The molecule has 0 aliphatic rings. The van der Waals surface area contributed by atoms with E-state index in [2.05, 4.69) is 5.32 Å². The van der Waals surface area contributed by atoms with Crippen molar-refractivity contribution in [1.82, 2.24) is 5.32 Å². The molecule has 0 bridgehead atoms. The van der Waals surface area contributed by atoms with Gasteiger partial charge >= 0.3 is 0 Å². The van der Waals surface area contributed by atoms with E-state index in [4.69, 9.17) is 16.3 Å². The number of carbonyl (C=O) groups excluding carboxylic acids is 2. The zero-order valence-corrected chi connectivity index (χ0v) is 16.2. The van der Waals surface area contributed by atoms with Gasteiger partial charge in [-0.2, -0.15) is 11.8 Å². The molecule has 0 unspecified atom stereocenters. The van der Waals surface area contributed by atoms with Crippen molar-refractivity contribution in [2.45, 2.75) is 19.1 Å². The molecule has 0 atom stereocenters. The molecule has 0 fully saturated rings. The SMILES string of the molecule is CCC(=O)c1ccc(OCC(=O)NCCSCc2ccc(Cl)cc2)cc1. The van der Waals surface area contributed by atoms with E-state index in [1.54, 1.807) is 36.0 Å². The Morgan fingerprint density at radius 2 is 1.77 bits per heavy atom. The van der Waals surface area contributed by atoms with E-state index < -0.39 is 0 Å². The predicted octanol–water partition coefficient (Wildman–Crippen LogP) is 4.36. The fraction of sp³-hybridized carbons (Fsp3) is 0.300. The average Bonchev–Trinajstić information content (AvgIpc) is 2.67. The van der Waals surface area contributed by atoms with Crippen LogP contribution in [0.3, 0.4) is 0 Å². The summed E-state index contributed by atoms with van der Waals surface area (Å²) < 4.78 is 5.43. The number of Topliss-reactive ketones (excluding diaryl/α,β-unsaturated/α-hetero) is 1. The Kier molecular flexibility index (Phi) is 8.51. The molecule has 4 nitrogen and oxygen atoms in total. The third kappa shape index (κ3) is 7.10. The molecule has 6 heteroatoms. The normalized spacial score (nSPS) is 10.4. The van der Waals surface area contributed by atoms with Gasteiger partial charge < -0.3 is 10.1 Å². The molecule has 0 radical (unpaired) electrons. The Bertz CT molecular complexity index is 717. The van der Waals surface area contributed by atoms with Crippen LogP contribution in [0.2, 0.25) is 5.02 Å². The molecule has 2 rings (SSSR count). The molecule has 1 amide bonds. The summed E-state index contributed by atoms with van der Waals surface area (Å²) in [7, 11) is 0. The number of ketones is 1. The Morgan fingerprint density at radius 1 is 1.08 bits per heavy atom. The van der Waals surface area contributed by atoms with Gasteiger partial charge in [0.15, 0.2) is 12.4 Å². The lowest BCUT2D eigenvalue weighted by Crippen LogP contribution is -2.30. The zero-order valence-electron chi connectivity index (χ0n) is 14.7. The van der Waals surface area contributed by atoms with Crippen LogP contribution in [0.1, 0.15) is 29.3 Å².